The van der Waals surface area contributed by atoms with Crippen molar-refractivity contribution in [3.63, 3.8) is 0 Å². The van der Waals surface area contributed by atoms with Crippen molar-refractivity contribution < 1.29 is 46.5 Å². The Morgan fingerprint density at radius 3 is 1.89 bits per heavy atom. The summed E-state index contributed by atoms with van der Waals surface area (Å²) in [6.07, 6.45) is -57.6. The summed E-state index contributed by atoms with van der Waals surface area (Å²) in [5, 5.41) is 0. The number of carbonyl (C=O) groups excluding carboxylic acids is 1. The molecule has 0 heterocycles. The molecule has 0 aromatic rings. The summed E-state index contributed by atoms with van der Waals surface area (Å²) in [6.45, 7) is -1.71. The van der Waals surface area contributed by atoms with Crippen molar-refractivity contribution in [1.82, 2.24) is 0 Å². The molecular weight excluding hydrogens is 236 g/mol. The topological polar surface area (TPSA) is 26.3 Å². The number of ether oxygens (including phenoxy) is 1. The SMILES string of the molecule is [2H]C([2H])([2H])C([2H])([2H])C([2H])([2H])C([2H])([2H])C([2H])([2H])C([2H])([2H])C([2H])([2H])C([2H])([2H])C([2H])([2H])C([2H])([2H])C([2H])([2H])C([2H])([2H])C([2H])([2H])C(=O)OC(C)C. The number of hydrogen-bond donors (Lipinski definition) is 0. The van der Waals surface area contributed by atoms with Gasteiger partial charge in [-0.15, -0.1) is 0 Å². The molecule has 114 valence electrons. The van der Waals surface area contributed by atoms with Crippen LogP contribution in [0.25, 0.3) is 0 Å². The van der Waals surface area contributed by atoms with Crippen LogP contribution in [0.3, 0.4) is 0 Å². The minimum Gasteiger partial charge on any atom is -0.463 e. The van der Waals surface area contributed by atoms with Crippen LogP contribution in [0.5, 0.6) is 0 Å². The molecule has 0 rings (SSSR count). The molecule has 2 heteroatoms. The summed E-state index contributed by atoms with van der Waals surface area (Å²) in [6, 6.07) is 0. The van der Waals surface area contributed by atoms with Crippen molar-refractivity contribution in [2.45, 2.75) is 103 Å². The summed E-state index contributed by atoms with van der Waals surface area (Å²) >= 11 is 0. The Labute approximate surface area is 158 Å². The molecule has 0 aliphatic carbocycles. The van der Waals surface area contributed by atoms with Crippen molar-refractivity contribution in [3.8, 4) is 0 Å². The highest BCUT2D eigenvalue weighted by Gasteiger charge is 2.04. The molecule has 2 nitrogen and oxygen atoms in total. The zero-order valence-corrected chi connectivity index (χ0v) is 10.4. The first-order valence-corrected chi connectivity index (χ1v) is 5.05. The molecule has 0 saturated carbocycles. The molecule has 0 aliphatic rings. The van der Waals surface area contributed by atoms with Gasteiger partial charge in [0.05, 0.1) is 6.10 Å². The Kier molecular flexibility index (Phi) is 2.08. The van der Waals surface area contributed by atoms with Crippen LogP contribution in [-0.2, 0) is 9.53 Å². The van der Waals surface area contributed by atoms with E-state index in [0.29, 0.717) is 0 Å². The van der Waals surface area contributed by atoms with Crippen molar-refractivity contribution >= 4 is 5.97 Å². The summed E-state index contributed by atoms with van der Waals surface area (Å²) in [7, 11) is 0. The third kappa shape index (κ3) is 15.4. The zero-order chi connectivity index (χ0) is 38.4. The van der Waals surface area contributed by atoms with E-state index in [1.807, 2.05) is 0 Å². The number of hydrogen-bond acceptors (Lipinski definition) is 2. The highest BCUT2D eigenvalue weighted by Crippen LogP contribution is 2.12. The minimum absolute atomic E-state index is 1.13. The van der Waals surface area contributed by atoms with Crippen LogP contribution >= 0.6 is 0 Å². The van der Waals surface area contributed by atoms with Gasteiger partial charge in [-0.2, -0.15) is 0 Å². The second-order valence-electron chi connectivity index (χ2n) is 2.95. The van der Waals surface area contributed by atoms with Crippen molar-refractivity contribution in [2.75, 3.05) is 0 Å². The maximum atomic E-state index is 12.3. The molecule has 19 heavy (non-hydrogen) atoms. The summed E-state index contributed by atoms with van der Waals surface area (Å²) < 4.78 is 218. The molecule has 0 fully saturated rings. The van der Waals surface area contributed by atoms with Crippen LogP contribution in [0.2, 0.25) is 0 Å². The third-order valence-electron chi connectivity index (χ3n) is 1.13. The van der Waals surface area contributed by atoms with E-state index in [9.17, 15) is 4.79 Å². The van der Waals surface area contributed by atoms with Crippen LogP contribution in [-0.4, -0.2) is 12.1 Å². The summed E-state index contributed by atoms with van der Waals surface area (Å²) in [4.78, 5) is 12.3. The molecule has 0 aromatic carbocycles. The lowest BCUT2D eigenvalue weighted by atomic mass is 10.1. The van der Waals surface area contributed by atoms with Gasteiger partial charge in [0.2, 0.25) is 0 Å². The van der Waals surface area contributed by atoms with Gasteiger partial charge in [-0.25, -0.2) is 0 Å². The Hall–Kier alpha value is -0.530. The number of esters is 1. The van der Waals surface area contributed by atoms with Gasteiger partial charge in [-0.1, -0.05) is 70.6 Å². The highest BCUT2D eigenvalue weighted by molar-refractivity contribution is 5.69. The van der Waals surface area contributed by atoms with E-state index >= 15 is 0 Å². The lowest BCUT2D eigenvalue weighted by Gasteiger charge is -2.07. The Morgan fingerprint density at radius 1 is 0.947 bits per heavy atom. The van der Waals surface area contributed by atoms with Crippen LogP contribution in [0.15, 0.2) is 0 Å². The van der Waals surface area contributed by atoms with Crippen LogP contribution in [0, 0.1) is 0 Å². The van der Waals surface area contributed by atoms with Gasteiger partial charge in [0.25, 0.3) is 0 Å². The van der Waals surface area contributed by atoms with Gasteiger partial charge in [0, 0.05) is 43.4 Å². The van der Waals surface area contributed by atoms with Crippen LogP contribution in [0.4, 0.5) is 0 Å². The molecule has 0 radical (unpaired) electrons. The van der Waals surface area contributed by atoms with Crippen LogP contribution < -0.4 is 0 Å². The number of carbonyl (C=O) groups is 1. The van der Waals surface area contributed by atoms with Gasteiger partial charge in [0.1, 0.15) is 0 Å². The van der Waals surface area contributed by atoms with E-state index in [1.165, 1.54) is 13.8 Å². The molecule has 0 spiro atoms. The fourth-order valence-electron chi connectivity index (χ4n) is 0.607. The fourth-order valence-corrected chi connectivity index (χ4v) is 0.607. The number of rotatable bonds is 13. The van der Waals surface area contributed by atoms with E-state index in [0.717, 1.165) is 0 Å². The van der Waals surface area contributed by atoms with E-state index in [1.54, 1.807) is 0 Å². The molecule has 0 unspecified atom stereocenters. The first kappa shape index (κ1) is 2.85. The zero-order valence-electron chi connectivity index (χ0n) is 37.4. The standard InChI is InChI=1S/C17H34O2/c1-4-5-6-7-8-9-10-11-12-13-14-15-17(18)19-16(2)3/h16H,4-15H2,1-3H3/i1D3,4D2,5D2,6D2,7D2,8D2,9D2,10D2,11D2,12D2,13D2,14D2,15D2. The normalized spacial score (nSPS) is 41.7. The predicted octanol–water partition coefficient (Wildman–Crippen LogP) is 5.64. The van der Waals surface area contributed by atoms with Gasteiger partial charge in [-0.3, -0.25) is 4.79 Å². The monoisotopic (exact) mass is 297 g/mol. The highest BCUT2D eigenvalue weighted by atomic mass is 16.5. The lowest BCUT2D eigenvalue weighted by molar-refractivity contribution is -0.147. The summed E-state index contributed by atoms with van der Waals surface area (Å²) in [5.74, 6) is -2.11. The smallest absolute Gasteiger partial charge is 0.306 e. The second kappa shape index (κ2) is 13.9. The van der Waals surface area contributed by atoms with Gasteiger partial charge in [-0.05, 0) is 20.2 Å². The van der Waals surface area contributed by atoms with Crippen LogP contribution in [0.1, 0.15) is 134 Å². The molecule has 0 saturated heterocycles. The van der Waals surface area contributed by atoms with E-state index in [4.69, 9.17) is 37.0 Å². The van der Waals surface area contributed by atoms with Crippen molar-refractivity contribution in [2.24, 2.45) is 0 Å². The van der Waals surface area contributed by atoms with E-state index in [2.05, 4.69) is 4.74 Å². The molecule has 0 N–H and O–H groups in total. The maximum Gasteiger partial charge on any atom is 0.306 e. The van der Waals surface area contributed by atoms with E-state index < -0.39 is 95.4 Å². The van der Waals surface area contributed by atoms with Crippen molar-refractivity contribution in [3.05, 3.63) is 0 Å². The molecule has 0 aliphatic heterocycles. The molecule has 0 atom stereocenters. The average Bonchev–Trinajstić information content (AvgIpc) is 2.81. The molecule has 0 aromatic heterocycles. The van der Waals surface area contributed by atoms with Crippen molar-refractivity contribution in [1.29, 1.82) is 0 Å². The first-order chi connectivity index (χ1) is 19.3. The van der Waals surface area contributed by atoms with E-state index in [-0.39, 0.29) is 0 Å². The molecule has 0 amide bonds. The largest absolute Gasteiger partial charge is 0.463 e. The van der Waals surface area contributed by atoms with Gasteiger partial charge >= 0.3 is 5.97 Å². The minimum atomic E-state index is -4.96. The Balaban J connectivity index is 7.47. The van der Waals surface area contributed by atoms with Gasteiger partial charge < -0.3 is 4.74 Å². The Bertz CT molecular complexity index is 1130. The first-order valence-electron chi connectivity index (χ1n) is 18.5. The average molecular weight is 298 g/mol. The lowest BCUT2D eigenvalue weighted by Crippen LogP contribution is -2.10. The van der Waals surface area contributed by atoms with Gasteiger partial charge in [0.15, 0.2) is 0 Å². The molecule has 0 bridgehead atoms. The fraction of sp³-hybridized carbons (Fsp3) is 0.941. The molecular formula is C17H34O2. The third-order valence-corrected chi connectivity index (χ3v) is 1.13. The quantitative estimate of drug-likeness (QED) is 0.411. The Morgan fingerprint density at radius 2 is 1.42 bits per heavy atom. The predicted molar refractivity (Wildman–Crippen MR) is 82.3 cm³/mol. The maximum absolute atomic E-state index is 12.3. The second-order valence-corrected chi connectivity index (χ2v) is 2.95. The summed E-state index contributed by atoms with van der Waals surface area (Å²) in [5.41, 5.74) is 0.